The number of carbonyl (C=O) groups excluding carboxylic acids is 2. The molecule has 1 N–H and O–H groups in total. The Labute approximate surface area is 141 Å². The summed E-state index contributed by atoms with van der Waals surface area (Å²) in [5.74, 6) is 0.669. The molecule has 0 radical (unpaired) electrons. The molecule has 3 rings (SSSR count). The molecule has 1 atom stereocenters. The highest BCUT2D eigenvalue weighted by atomic mass is 16.5. The summed E-state index contributed by atoms with van der Waals surface area (Å²) in [7, 11) is 1.65. The summed E-state index contributed by atoms with van der Waals surface area (Å²) in [6.45, 7) is 3.50. The minimum atomic E-state index is -0.232. The molecule has 0 spiro atoms. The standard InChI is InChI=1S/C19H22N2O3/c1-13(19(23)21-9-7-18(22)20-8-10-21)14-3-4-16-12-17(24-2)6-5-15(16)11-14/h3-6,11-13H,7-10H2,1-2H3,(H,20,22)/t13-/m1/s1. The number of carbonyl (C=O) groups is 2. The van der Waals surface area contributed by atoms with E-state index in [-0.39, 0.29) is 17.7 Å². The Kier molecular flexibility index (Phi) is 4.69. The van der Waals surface area contributed by atoms with Crippen molar-refractivity contribution in [3.63, 3.8) is 0 Å². The first-order chi connectivity index (χ1) is 11.6. The summed E-state index contributed by atoms with van der Waals surface area (Å²) < 4.78 is 5.24. The predicted octanol–water partition coefficient (Wildman–Crippen LogP) is 2.30. The molecule has 24 heavy (non-hydrogen) atoms. The second-order valence-electron chi connectivity index (χ2n) is 6.12. The second-order valence-corrected chi connectivity index (χ2v) is 6.12. The van der Waals surface area contributed by atoms with Gasteiger partial charge in [0.1, 0.15) is 5.75 Å². The quantitative estimate of drug-likeness (QED) is 0.941. The van der Waals surface area contributed by atoms with Gasteiger partial charge in [0.25, 0.3) is 0 Å². The minimum absolute atomic E-state index is 0.0117. The van der Waals surface area contributed by atoms with Crippen molar-refractivity contribution in [2.75, 3.05) is 26.7 Å². The summed E-state index contributed by atoms with van der Waals surface area (Å²) in [5.41, 5.74) is 0.987. The Hall–Kier alpha value is -2.56. The summed E-state index contributed by atoms with van der Waals surface area (Å²) in [6.07, 6.45) is 0.371. The molecule has 0 unspecified atom stereocenters. The Morgan fingerprint density at radius 2 is 1.92 bits per heavy atom. The number of benzene rings is 2. The molecule has 0 saturated carbocycles. The van der Waals surface area contributed by atoms with Gasteiger partial charge in [0.05, 0.1) is 13.0 Å². The summed E-state index contributed by atoms with van der Waals surface area (Å²) in [4.78, 5) is 26.0. The van der Waals surface area contributed by atoms with E-state index in [1.54, 1.807) is 12.0 Å². The van der Waals surface area contributed by atoms with Crippen molar-refractivity contribution >= 4 is 22.6 Å². The normalized spacial score (nSPS) is 16.4. The number of ether oxygens (including phenoxy) is 1. The molecule has 2 aromatic rings. The Morgan fingerprint density at radius 3 is 2.71 bits per heavy atom. The number of fused-ring (bicyclic) bond motifs is 1. The maximum absolute atomic E-state index is 12.8. The fraction of sp³-hybridized carbons (Fsp3) is 0.368. The molecular formula is C19H22N2O3. The lowest BCUT2D eigenvalue weighted by Crippen LogP contribution is -2.36. The van der Waals surface area contributed by atoms with E-state index in [9.17, 15) is 9.59 Å². The zero-order valence-electron chi connectivity index (χ0n) is 14.0. The second kappa shape index (κ2) is 6.91. The maximum Gasteiger partial charge on any atom is 0.229 e. The van der Waals surface area contributed by atoms with Gasteiger partial charge in [-0.25, -0.2) is 0 Å². The van der Waals surface area contributed by atoms with Crippen LogP contribution in [0.3, 0.4) is 0 Å². The van der Waals surface area contributed by atoms with Gasteiger partial charge in [0, 0.05) is 26.1 Å². The van der Waals surface area contributed by atoms with Crippen molar-refractivity contribution in [1.29, 1.82) is 0 Å². The highest BCUT2D eigenvalue weighted by molar-refractivity contribution is 5.89. The van der Waals surface area contributed by atoms with Crippen molar-refractivity contribution in [1.82, 2.24) is 10.2 Å². The number of methoxy groups -OCH3 is 1. The molecule has 1 aliphatic rings. The molecule has 5 heteroatoms. The van der Waals surface area contributed by atoms with E-state index in [2.05, 4.69) is 11.4 Å². The third kappa shape index (κ3) is 3.35. The van der Waals surface area contributed by atoms with Crippen LogP contribution in [0.15, 0.2) is 36.4 Å². The number of rotatable bonds is 3. The number of amides is 2. The molecule has 1 saturated heterocycles. The molecule has 1 heterocycles. The van der Waals surface area contributed by atoms with E-state index in [1.807, 2.05) is 37.3 Å². The Bertz CT molecular complexity index is 772. The maximum atomic E-state index is 12.8. The van der Waals surface area contributed by atoms with Gasteiger partial charge in [-0.2, -0.15) is 0 Å². The molecule has 2 amide bonds. The topological polar surface area (TPSA) is 58.6 Å². The van der Waals surface area contributed by atoms with E-state index in [4.69, 9.17) is 4.74 Å². The summed E-state index contributed by atoms with van der Waals surface area (Å²) in [5, 5.41) is 4.97. The molecule has 2 aromatic carbocycles. The van der Waals surface area contributed by atoms with Gasteiger partial charge in [-0.3, -0.25) is 9.59 Å². The van der Waals surface area contributed by atoms with Gasteiger partial charge < -0.3 is 15.0 Å². The zero-order chi connectivity index (χ0) is 17.1. The molecular weight excluding hydrogens is 304 g/mol. The van der Waals surface area contributed by atoms with Crippen LogP contribution in [0, 0.1) is 0 Å². The lowest BCUT2D eigenvalue weighted by atomic mass is 9.96. The molecule has 0 bridgehead atoms. The lowest BCUT2D eigenvalue weighted by molar-refractivity contribution is -0.132. The lowest BCUT2D eigenvalue weighted by Gasteiger charge is -2.24. The van der Waals surface area contributed by atoms with E-state index < -0.39 is 0 Å². The molecule has 126 valence electrons. The van der Waals surface area contributed by atoms with E-state index in [1.165, 1.54) is 0 Å². The van der Waals surface area contributed by atoms with Crippen molar-refractivity contribution < 1.29 is 14.3 Å². The molecule has 0 aliphatic carbocycles. The van der Waals surface area contributed by atoms with Gasteiger partial charge in [0.2, 0.25) is 11.8 Å². The van der Waals surface area contributed by atoms with Crippen LogP contribution in [0.4, 0.5) is 0 Å². The number of nitrogens with one attached hydrogen (secondary N) is 1. The van der Waals surface area contributed by atoms with Crippen LogP contribution in [0.1, 0.15) is 24.8 Å². The van der Waals surface area contributed by atoms with Crippen molar-refractivity contribution in [2.45, 2.75) is 19.3 Å². The largest absolute Gasteiger partial charge is 0.497 e. The van der Waals surface area contributed by atoms with Crippen molar-refractivity contribution in [3.05, 3.63) is 42.0 Å². The Morgan fingerprint density at radius 1 is 1.17 bits per heavy atom. The summed E-state index contributed by atoms with van der Waals surface area (Å²) in [6, 6.07) is 12.0. The highest BCUT2D eigenvalue weighted by Gasteiger charge is 2.24. The van der Waals surface area contributed by atoms with Gasteiger partial charge in [-0.1, -0.05) is 24.3 Å². The molecule has 0 aromatic heterocycles. The number of nitrogens with zero attached hydrogens (tertiary/aromatic N) is 1. The van der Waals surface area contributed by atoms with E-state index >= 15 is 0 Å². The van der Waals surface area contributed by atoms with E-state index in [0.29, 0.717) is 26.1 Å². The monoisotopic (exact) mass is 326 g/mol. The SMILES string of the molecule is COc1ccc2cc([C@@H](C)C(=O)N3CCNC(=O)CC3)ccc2c1. The van der Waals surface area contributed by atoms with Crippen LogP contribution in [-0.2, 0) is 9.59 Å². The summed E-state index contributed by atoms with van der Waals surface area (Å²) >= 11 is 0. The van der Waals surface area contributed by atoms with Gasteiger partial charge in [-0.05, 0) is 35.4 Å². The van der Waals surface area contributed by atoms with Gasteiger partial charge >= 0.3 is 0 Å². The third-order valence-corrected chi connectivity index (χ3v) is 4.57. The third-order valence-electron chi connectivity index (χ3n) is 4.57. The van der Waals surface area contributed by atoms with Crippen LogP contribution in [0.5, 0.6) is 5.75 Å². The first-order valence-corrected chi connectivity index (χ1v) is 8.21. The Balaban J connectivity index is 1.80. The van der Waals surface area contributed by atoms with Gasteiger partial charge in [0.15, 0.2) is 0 Å². The highest BCUT2D eigenvalue weighted by Crippen LogP contribution is 2.26. The van der Waals surface area contributed by atoms with Gasteiger partial charge in [-0.15, -0.1) is 0 Å². The van der Waals surface area contributed by atoms with Crippen molar-refractivity contribution in [2.24, 2.45) is 0 Å². The fourth-order valence-corrected chi connectivity index (χ4v) is 3.04. The minimum Gasteiger partial charge on any atom is -0.497 e. The van der Waals surface area contributed by atoms with Crippen molar-refractivity contribution in [3.8, 4) is 5.75 Å². The molecule has 1 fully saturated rings. The van der Waals surface area contributed by atoms with Crippen LogP contribution in [0.25, 0.3) is 10.8 Å². The molecule has 1 aliphatic heterocycles. The van der Waals surface area contributed by atoms with Crippen LogP contribution < -0.4 is 10.1 Å². The smallest absolute Gasteiger partial charge is 0.229 e. The number of hydrogen-bond donors (Lipinski definition) is 1. The first-order valence-electron chi connectivity index (χ1n) is 8.21. The van der Waals surface area contributed by atoms with Crippen LogP contribution >= 0.6 is 0 Å². The fourth-order valence-electron chi connectivity index (χ4n) is 3.04. The average molecular weight is 326 g/mol. The first kappa shape index (κ1) is 16.3. The number of hydrogen-bond acceptors (Lipinski definition) is 3. The van der Waals surface area contributed by atoms with Crippen LogP contribution in [0.2, 0.25) is 0 Å². The predicted molar refractivity (Wildman–Crippen MR) is 93.1 cm³/mol. The zero-order valence-corrected chi connectivity index (χ0v) is 14.0. The van der Waals surface area contributed by atoms with E-state index in [0.717, 1.165) is 22.1 Å². The average Bonchev–Trinajstić information content (AvgIpc) is 2.84. The van der Waals surface area contributed by atoms with Crippen LogP contribution in [-0.4, -0.2) is 43.5 Å². The molecule has 5 nitrogen and oxygen atoms in total.